The van der Waals surface area contributed by atoms with Crippen LogP contribution in [0.1, 0.15) is 12.0 Å². The molecule has 0 saturated carbocycles. The normalized spacial score (nSPS) is 11.8. The Hall–Kier alpha value is -1.01. The third-order valence-electron chi connectivity index (χ3n) is 2.00. The van der Waals surface area contributed by atoms with E-state index in [-0.39, 0.29) is 6.54 Å². The number of halogens is 4. The minimum absolute atomic E-state index is 0.197. The lowest BCUT2D eigenvalue weighted by molar-refractivity contribution is -0.139. The molecule has 16 heavy (non-hydrogen) atoms. The van der Waals surface area contributed by atoms with Gasteiger partial charge in [-0.1, -0.05) is 0 Å². The summed E-state index contributed by atoms with van der Waals surface area (Å²) in [5.41, 5.74) is -2.17. The van der Waals surface area contributed by atoms with Gasteiger partial charge in [0.1, 0.15) is 5.56 Å². The summed E-state index contributed by atoms with van der Waals surface area (Å²) in [7, 11) is 0. The van der Waals surface area contributed by atoms with Gasteiger partial charge >= 0.3 is 6.18 Å². The molecule has 0 fully saturated rings. The average molecular weight is 255 g/mol. The van der Waals surface area contributed by atoms with Crippen molar-refractivity contribution in [2.24, 2.45) is 0 Å². The first kappa shape index (κ1) is 13.1. The van der Waals surface area contributed by atoms with Gasteiger partial charge in [-0.25, -0.2) is 4.84 Å². The molecule has 0 aromatic carbocycles. The van der Waals surface area contributed by atoms with Gasteiger partial charge in [0.15, 0.2) is 0 Å². The van der Waals surface area contributed by atoms with Crippen LogP contribution in [0.2, 0.25) is 0 Å². The number of hydrogen-bond donors (Lipinski definition) is 1. The van der Waals surface area contributed by atoms with Gasteiger partial charge in [-0.05, 0) is 30.3 Å². The molecule has 3 nitrogen and oxygen atoms in total. The molecule has 0 spiro atoms. The van der Waals surface area contributed by atoms with Crippen molar-refractivity contribution in [3.8, 4) is 0 Å². The van der Waals surface area contributed by atoms with Gasteiger partial charge < -0.3 is 4.57 Å². The van der Waals surface area contributed by atoms with Crippen LogP contribution < -0.4 is 10.4 Å². The molecule has 0 aliphatic rings. The van der Waals surface area contributed by atoms with Crippen molar-refractivity contribution in [3.63, 3.8) is 0 Å². The highest BCUT2D eigenvalue weighted by Gasteiger charge is 2.34. The second-order valence-electron chi connectivity index (χ2n) is 3.16. The molecule has 0 bridgehead atoms. The highest BCUT2D eigenvalue weighted by atomic mass is 35.5. The Balaban J connectivity index is 2.92. The van der Waals surface area contributed by atoms with E-state index in [0.717, 1.165) is 10.6 Å². The van der Waals surface area contributed by atoms with E-state index in [1.165, 1.54) is 12.3 Å². The molecule has 1 N–H and O–H groups in total. The van der Waals surface area contributed by atoms with E-state index in [1.807, 2.05) is 0 Å². The molecule has 1 aromatic rings. The van der Waals surface area contributed by atoms with Crippen LogP contribution in [0.5, 0.6) is 0 Å². The van der Waals surface area contributed by atoms with Gasteiger partial charge in [0.2, 0.25) is 0 Å². The van der Waals surface area contributed by atoms with E-state index in [2.05, 4.69) is 4.84 Å². The molecular weight excluding hydrogens is 245 g/mol. The molecule has 0 aliphatic carbocycles. The summed E-state index contributed by atoms with van der Waals surface area (Å²) >= 11 is 5.19. The molecular formula is C9H10ClF3N2O. The molecule has 7 heteroatoms. The van der Waals surface area contributed by atoms with Crippen LogP contribution in [0.15, 0.2) is 23.1 Å². The number of hydrogen-bond acceptors (Lipinski definition) is 2. The van der Waals surface area contributed by atoms with Gasteiger partial charge in [0, 0.05) is 19.3 Å². The number of nitrogens with one attached hydrogen (secondary N) is 1. The monoisotopic (exact) mass is 254 g/mol. The van der Waals surface area contributed by atoms with Crippen molar-refractivity contribution in [2.75, 3.05) is 6.54 Å². The van der Waals surface area contributed by atoms with Crippen molar-refractivity contribution >= 4 is 11.8 Å². The van der Waals surface area contributed by atoms with Crippen LogP contribution in [0.4, 0.5) is 13.2 Å². The van der Waals surface area contributed by atoms with Gasteiger partial charge in [-0.3, -0.25) is 4.79 Å². The highest BCUT2D eigenvalue weighted by Crippen LogP contribution is 2.25. The highest BCUT2D eigenvalue weighted by molar-refractivity contribution is 6.13. The van der Waals surface area contributed by atoms with E-state index >= 15 is 0 Å². The SMILES string of the molecule is O=c1c(C(F)(F)F)cccn1CCCNCl. The van der Waals surface area contributed by atoms with Crippen LogP contribution in [0.3, 0.4) is 0 Å². The summed E-state index contributed by atoms with van der Waals surface area (Å²) in [4.78, 5) is 13.7. The fraction of sp³-hybridized carbons (Fsp3) is 0.444. The Morgan fingerprint density at radius 2 is 2.12 bits per heavy atom. The minimum atomic E-state index is -4.61. The third kappa shape index (κ3) is 3.24. The zero-order chi connectivity index (χ0) is 12.2. The van der Waals surface area contributed by atoms with E-state index in [0.29, 0.717) is 13.0 Å². The lowest BCUT2D eigenvalue weighted by Crippen LogP contribution is -2.28. The molecule has 0 radical (unpaired) electrons. The number of pyridine rings is 1. The van der Waals surface area contributed by atoms with Gasteiger partial charge in [0.05, 0.1) is 0 Å². The van der Waals surface area contributed by atoms with Crippen molar-refractivity contribution in [2.45, 2.75) is 19.1 Å². The Bertz CT molecular complexity index is 402. The van der Waals surface area contributed by atoms with Crippen LogP contribution in [0.25, 0.3) is 0 Å². The van der Waals surface area contributed by atoms with Crippen molar-refractivity contribution in [1.82, 2.24) is 9.40 Å². The number of aromatic nitrogens is 1. The standard InChI is InChI=1S/C9H10ClF3N2O/c10-14-4-2-6-15-5-1-3-7(8(15)16)9(11,12)13/h1,3,5,14H,2,4,6H2. The third-order valence-corrected chi connectivity index (χ3v) is 2.18. The van der Waals surface area contributed by atoms with Gasteiger partial charge in [-0.2, -0.15) is 13.2 Å². The summed E-state index contributed by atoms with van der Waals surface area (Å²) in [6, 6.07) is 1.98. The zero-order valence-corrected chi connectivity index (χ0v) is 8.98. The van der Waals surface area contributed by atoms with Crippen LogP contribution in [-0.2, 0) is 12.7 Å². The van der Waals surface area contributed by atoms with E-state index in [1.54, 1.807) is 0 Å². The minimum Gasteiger partial charge on any atom is -0.315 e. The molecule has 0 aliphatic heterocycles. The predicted molar refractivity (Wildman–Crippen MR) is 54.2 cm³/mol. The molecule has 90 valence electrons. The van der Waals surface area contributed by atoms with E-state index in [9.17, 15) is 18.0 Å². The Labute approximate surface area is 94.9 Å². The Kier molecular flexibility index (Phi) is 4.37. The summed E-state index contributed by atoms with van der Waals surface area (Å²) in [5.74, 6) is 0. The first-order chi connectivity index (χ1) is 7.46. The smallest absolute Gasteiger partial charge is 0.315 e. The van der Waals surface area contributed by atoms with Crippen molar-refractivity contribution in [3.05, 3.63) is 34.2 Å². The number of aryl methyl sites for hydroxylation is 1. The summed E-state index contributed by atoms with van der Waals surface area (Å²) in [6.07, 6.45) is -2.80. The topological polar surface area (TPSA) is 34.0 Å². The first-order valence-corrected chi connectivity index (χ1v) is 4.94. The van der Waals surface area contributed by atoms with Crippen molar-refractivity contribution < 1.29 is 13.2 Å². The van der Waals surface area contributed by atoms with Crippen LogP contribution in [-0.4, -0.2) is 11.1 Å². The lowest BCUT2D eigenvalue weighted by Gasteiger charge is -2.09. The first-order valence-electron chi connectivity index (χ1n) is 4.57. The molecule has 0 unspecified atom stereocenters. The molecule has 0 atom stereocenters. The lowest BCUT2D eigenvalue weighted by atomic mass is 10.2. The molecule has 1 aromatic heterocycles. The predicted octanol–water partition coefficient (Wildman–Crippen LogP) is 2.00. The average Bonchev–Trinajstić information content (AvgIpc) is 2.19. The van der Waals surface area contributed by atoms with E-state index in [4.69, 9.17) is 11.8 Å². The number of alkyl halides is 3. The second kappa shape index (κ2) is 5.36. The van der Waals surface area contributed by atoms with E-state index < -0.39 is 17.3 Å². The Morgan fingerprint density at radius 1 is 1.44 bits per heavy atom. The second-order valence-corrected chi connectivity index (χ2v) is 3.42. The molecule has 0 amide bonds. The maximum atomic E-state index is 12.4. The summed E-state index contributed by atoms with van der Waals surface area (Å²) < 4.78 is 38.1. The number of rotatable bonds is 4. The largest absolute Gasteiger partial charge is 0.421 e. The zero-order valence-electron chi connectivity index (χ0n) is 8.22. The van der Waals surface area contributed by atoms with Gasteiger partial charge in [0.25, 0.3) is 5.56 Å². The summed E-state index contributed by atoms with van der Waals surface area (Å²) in [5, 5.41) is 0. The fourth-order valence-corrected chi connectivity index (χ4v) is 1.38. The van der Waals surface area contributed by atoms with Crippen LogP contribution >= 0.6 is 11.8 Å². The summed E-state index contributed by atoms with van der Waals surface area (Å²) in [6.45, 7) is 0.618. The molecule has 1 heterocycles. The Morgan fingerprint density at radius 3 is 2.69 bits per heavy atom. The van der Waals surface area contributed by atoms with Gasteiger partial charge in [-0.15, -0.1) is 0 Å². The maximum absolute atomic E-state index is 12.4. The quantitative estimate of drug-likeness (QED) is 0.659. The molecule has 1 rings (SSSR count). The van der Waals surface area contributed by atoms with Crippen molar-refractivity contribution in [1.29, 1.82) is 0 Å². The van der Waals surface area contributed by atoms with Crippen LogP contribution in [0, 0.1) is 0 Å². The molecule has 0 saturated heterocycles. The maximum Gasteiger partial charge on any atom is 0.421 e. The number of nitrogens with zero attached hydrogens (tertiary/aromatic N) is 1. The fourth-order valence-electron chi connectivity index (χ4n) is 1.24.